The van der Waals surface area contributed by atoms with E-state index >= 15 is 0 Å². The summed E-state index contributed by atoms with van der Waals surface area (Å²) in [7, 11) is 0. The Morgan fingerprint density at radius 1 is 1.67 bits per heavy atom. The summed E-state index contributed by atoms with van der Waals surface area (Å²) < 4.78 is 0. The fourth-order valence-electron chi connectivity index (χ4n) is 0.498. The lowest BCUT2D eigenvalue weighted by atomic mass is 10.1. The van der Waals surface area contributed by atoms with E-state index in [2.05, 4.69) is 18.8 Å². The van der Waals surface area contributed by atoms with E-state index in [0.29, 0.717) is 5.92 Å². The van der Waals surface area contributed by atoms with Crippen LogP contribution in [0.25, 0.3) is 0 Å². The van der Waals surface area contributed by atoms with E-state index < -0.39 is 0 Å². The van der Waals surface area contributed by atoms with Crippen molar-refractivity contribution in [3.05, 3.63) is 6.92 Å². The summed E-state index contributed by atoms with van der Waals surface area (Å²) in [6.07, 6.45) is 1.82. The molecule has 1 radical (unpaired) electrons. The van der Waals surface area contributed by atoms with Gasteiger partial charge in [-0.3, -0.25) is 0 Å². The molecule has 0 aromatic rings. The van der Waals surface area contributed by atoms with Crippen molar-refractivity contribution in [2.45, 2.75) is 19.8 Å². The summed E-state index contributed by atoms with van der Waals surface area (Å²) in [5, 5.41) is 8.57. The van der Waals surface area contributed by atoms with Gasteiger partial charge in [-0.15, -0.1) is 11.8 Å². The second-order valence-corrected chi connectivity index (χ2v) is 2.18. The van der Waals surface area contributed by atoms with Crippen LogP contribution in [0.5, 0.6) is 0 Å². The smallest absolute Gasteiger partial charge is 0.0456 e. The van der Waals surface area contributed by atoms with Crippen LogP contribution < -0.4 is 0 Å². The summed E-state index contributed by atoms with van der Waals surface area (Å²) in [5.41, 5.74) is 0. The monoisotopic (exact) mass is 125 g/mol. The highest BCUT2D eigenvalue weighted by atomic mass is 16.3. The Hall–Kier alpha value is -0.480. The van der Waals surface area contributed by atoms with E-state index in [1.165, 1.54) is 0 Å². The molecule has 0 spiro atoms. The van der Waals surface area contributed by atoms with Gasteiger partial charge in [-0.25, -0.2) is 0 Å². The lowest BCUT2D eigenvalue weighted by Crippen LogP contribution is -1.98. The summed E-state index contributed by atoms with van der Waals surface area (Å²) in [6, 6.07) is 0. The van der Waals surface area contributed by atoms with Crippen LogP contribution in [0, 0.1) is 24.7 Å². The molecular weight excluding hydrogens is 112 g/mol. The molecule has 1 N–H and O–H groups in total. The Morgan fingerprint density at radius 2 is 2.33 bits per heavy atom. The van der Waals surface area contributed by atoms with E-state index in [4.69, 9.17) is 5.11 Å². The summed E-state index contributed by atoms with van der Waals surface area (Å²) in [5.74, 6) is 5.79. The van der Waals surface area contributed by atoms with Gasteiger partial charge in [-0.1, -0.05) is 6.92 Å². The van der Waals surface area contributed by atoms with Crippen molar-refractivity contribution in [1.29, 1.82) is 0 Å². The van der Waals surface area contributed by atoms with Gasteiger partial charge in [0, 0.05) is 20.0 Å². The van der Waals surface area contributed by atoms with Crippen LogP contribution in [0.2, 0.25) is 0 Å². The van der Waals surface area contributed by atoms with E-state index in [1.807, 2.05) is 6.92 Å². The first kappa shape index (κ1) is 8.52. The summed E-state index contributed by atoms with van der Waals surface area (Å²) in [6.45, 7) is 5.65. The van der Waals surface area contributed by atoms with E-state index in [1.54, 1.807) is 0 Å². The van der Waals surface area contributed by atoms with Crippen LogP contribution in [-0.4, -0.2) is 11.7 Å². The van der Waals surface area contributed by atoms with Gasteiger partial charge in [0.2, 0.25) is 0 Å². The maximum atomic E-state index is 8.57. The van der Waals surface area contributed by atoms with Gasteiger partial charge >= 0.3 is 0 Å². The molecule has 1 unspecified atom stereocenters. The van der Waals surface area contributed by atoms with Crippen molar-refractivity contribution < 1.29 is 5.11 Å². The third-order valence-electron chi connectivity index (χ3n) is 1.20. The first-order chi connectivity index (χ1) is 4.31. The average Bonchev–Trinajstić information content (AvgIpc) is 1.89. The number of aliphatic hydroxyl groups is 1. The highest BCUT2D eigenvalue weighted by Crippen LogP contribution is 2.01. The topological polar surface area (TPSA) is 20.2 Å². The molecule has 0 aliphatic rings. The number of rotatable bonds is 3. The average molecular weight is 125 g/mol. The van der Waals surface area contributed by atoms with Crippen molar-refractivity contribution in [1.82, 2.24) is 0 Å². The summed E-state index contributed by atoms with van der Waals surface area (Å²) in [4.78, 5) is 0. The molecule has 1 heteroatoms. The van der Waals surface area contributed by atoms with Crippen LogP contribution in [0.4, 0.5) is 0 Å². The largest absolute Gasteiger partial charge is 0.396 e. The Labute approximate surface area is 57.1 Å². The molecule has 0 rings (SSSR count). The second kappa shape index (κ2) is 5.65. The molecule has 0 aliphatic carbocycles. The highest BCUT2D eigenvalue weighted by Gasteiger charge is 1.95. The van der Waals surface area contributed by atoms with E-state index in [0.717, 1.165) is 12.8 Å². The molecule has 0 saturated carbocycles. The molecule has 51 valence electrons. The molecule has 0 aromatic heterocycles. The van der Waals surface area contributed by atoms with Crippen LogP contribution >= 0.6 is 0 Å². The zero-order valence-electron chi connectivity index (χ0n) is 5.85. The van der Waals surface area contributed by atoms with Crippen LogP contribution in [0.15, 0.2) is 0 Å². The molecule has 0 aromatic carbocycles. The number of aliphatic hydroxyl groups excluding tert-OH is 1. The minimum absolute atomic E-state index is 0.263. The van der Waals surface area contributed by atoms with Gasteiger partial charge in [-0.2, -0.15) is 0 Å². The van der Waals surface area contributed by atoms with Crippen LogP contribution in [0.1, 0.15) is 19.8 Å². The lowest BCUT2D eigenvalue weighted by molar-refractivity contribution is 0.231. The fraction of sp³-hybridized carbons (Fsp3) is 0.625. The van der Waals surface area contributed by atoms with Gasteiger partial charge in [0.15, 0.2) is 0 Å². The molecular formula is C8H13O. The molecule has 0 bridgehead atoms. The Kier molecular flexibility index (Phi) is 5.35. The predicted octanol–water partition coefficient (Wildman–Crippen LogP) is 1.23. The molecule has 9 heavy (non-hydrogen) atoms. The first-order valence-electron chi connectivity index (χ1n) is 3.17. The Morgan fingerprint density at radius 3 is 2.78 bits per heavy atom. The van der Waals surface area contributed by atoms with Crippen molar-refractivity contribution in [2.24, 2.45) is 5.92 Å². The van der Waals surface area contributed by atoms with E-state index in [-0.39, 0.29) is 6.61 Å². The summed E-state index contributed by atoms with van der Waals surface area (Å²) >= 11 is 0. The normalized spacial score (nSPS) is 11.9. The molecule has 0 heterocycles. The minimum Gasteiger partial charge on any atom is -0.396 e. The van der Waals surface area contributed by atoms with Crippen LogP contribution in [-0.2, 0) is 0 Å². The number of hydrogen-bond donors (Lipinski definition) is 1. The highest BCUT2D eigenvalue weighted by molar-refractivity contribution is 5.01. The van der Waals surface area contributed by atoms with Gasteiger partial charge in [0.05, 0.1) is 0 Å². The molecule has 1 atom stereocenters. The van der Waals surface area contributed by atoms with Gasteiger partial charge in [0.1, 0.15) is 0 Å². The van der Waals surface area contributed by atoms with Crippen LogP contribution in [0.3, 0.4) is 0 Å². The second-order valence-electron chi connectivity index (χ2n) is 2.18. The molecule has 0 amide bonds. The SMILES string of the molecule is [CH2]C#CCCC(C)CO. The van der Waals surface area contributed by atoms with Gasteiger partial charge in [0.25, 0.3) is 0 Å². The van der Waals surface area contributed by atoms with Gasteiger partial charge in [-0.05, 0) is 12.3 Å². The predicted molar refractivity (Wildman–Crippen MR) is 38.6 cm³/mol. The minimum atomic E-state index is 0.263. The fourth-order valence-corrected chi connectivity index (χ4v) is 0.498. The molecule has 0 fully saturated rings. The third kappa shape index (κ3) is 5.39. The van der Waals surface area contributed by atoms with E-state index in [9.17, 15) is 0 Å². The lowest BCUT2D eigenvalue weighted by Gasteiger charge is -2.01. The van der Waals surface area contributed by atoms with Crippen molar-refractivity contribution in [2.75, 3.05) is 6.61 Å². The quantitative estimate of drug-likeness (QED) is 0.562. The van der Waals surface area contributed by atoms with Crippen molar-refractivity contribution >= 4 is 0 Å². The Bertz CT molecular complexity index is 107. The maximum absolute atomic E-state index is 8.57. The Balaban J connectivity index is 3.13. The zero-order chi connectivity index (χ0) is 7.11. The molecule has 0 saturated heterocycles. The van der Waals surface area contributed by atoms with Crippen molar-refractivity contribution in [3.8, 4) is 11.8 Å². The zero-order valence-corrected chi connectivity index (χ0v) is 5.85. The van der Waals surface area contributed by atoms with Gasteiger partial charge < -0.3 is 5.11 Å². The molecule has 1 nitrogen and oxygen atoms in total. The molecule has 0 aliphatic heterocycles. The number of hydrogen-bond acceptors (Lipinski definition) is 1. The third-order valence-corrected chi connectivity index (χ3v) is 1.20. The standard InChI is InChI=1S/C8H13O/c1-3-4-5-6-8(2)7-9/h8-9H,1,5-7H2,2H3. The maximum Gasteiger partial charge on any atom is 0.0456 e. The van der Waals surface area contributed by atoms with Crippen molar-refractivity contribution in [3.63, 3.8) is 0 Å². The first-order valence-corrected chi connectivity index (χ1v) is 3.17.